The second-order valence-corrected chi connectivity index (χ2v) is 4.30. The molecule has 1 fully saturated rings. The Bertz CT molecular complexity index is 238. The Labute approximate surface area is 82.4 Å². The summed E-state index contributed by atoms with van der Waals surface area (Å²) in [6, 6.07) is 0. The predicted molar refractivity (Wildman–Crippen MR) is 58.4 cm³/mol. The number of hydrogen-bond acceptors (Lipinski definition) is 0. The summed E-state index contributed by atoms with van der Waals surface area (Å²) in [6.45, 7) is 8.47. The van der Waals surface area contributed by atoms with Crippen molar-refractivity contribution in [1.82, 2.24) is 0 Å². The minimum Gasteiger partial charge on any atom is -0.107 e. The van der Waals surface area contributed by atoms with Crippen molar-refractivity contribution < 1.29 is 0 Å². The molecule has 0 amide bonds. The lowest BCUT2D eigenvalue weighted by Gasteiger charge is -2.35. The van der Waals surface area contributed by atoms with Crippen molar-refractivity contribution in [1.29, 1.82) is 0 Å². The first-order valence-electron chi connectivity index (χ1n) is 5.27. The zero-order valence-corrected chi connectivity index (χ0v) is 8.95. The predicted octanol–water partition coefficient (Wildman–Crippen LogP) is 3.93. The Hall–Kier alpha value is -0.700. The van der Waals surface area contributed by atoms with Crippen LogP contribution in [0.25, 0.3) is 0 Å². The molecule has 1 saturated carbocycles. The molecule has 0 aromatic heterocycles. The quantitative estimate of drug-likeness (QED) is 0.442. The van der Waals surface area contributed by atoms with Crippen molar-refractivity contribution in [3.05, 3.63) is 12.2 Å². The molecular formula is C13H20. The SMILES string of the molecule is C=C1CCCC[C@@]1(C)CCC#CC. The molecule has 0 spiro atoms. The van der Waals surface area contributed by atoms with Crippen molar-refractivity contribution in [2.75, 3.05) is 0 Å². The average Bonchev–Trinajstić information content (AvgIpc) is 2.11. The van der Waals surface area contributed by atoms with Gasteiger partial charge in [-0.3, -0.25) is 0 Å². The highest BCUT2D eigenvalue weighted by Crippen LogP contribution is 2.42. The van der Waals surface area contributed by atoms with Gasteiger partial charge in [-0.25, -0.2) is 0 Å². The maximum Gasteiger partial charge on any atom is 0.00968 e. The summed E-state index contributed by atoms with van der Waals surface area (Å²) in [5.41, 5.74) is 1.85. The van der Waals surface area contributed by atoms with Gasteiger partial charge in [0.2, 0.25) is 0 Å². The first-order valence-corrected chi connectivity index (χ1v) is 5.27. The molecule has 72 valence electrons. The van der Waals surface area contributed by atoms with Crippen molar-refractivity contribution in [2.45, 2.75) is 52.4 Å². The van der Waals surface area contributed by atoms with E-state index in [4.69, 9.17) is 0 Å². The van der Waals surface area contributed by atoms with Gasteiger partial charge in [0, 0.05) is 6.42 Å². The van der Waals surface area contributed by atoms with Gasteiger partial charge in [0.25, 0.3) is 0 Å². The van der Waals surface area contributed by atoms with Crippen LogP contribution in [0, 0.1) is 17.3 Å². The van der Waals surface area contributed by atoms with Crippen LogP contribution in [0.3, 0.4) is 0 Å². The van der Waals surface area contributed by atoms with E-state index in [1.165, 1.54) is 37.7 Å². The fourth-order valence-corrected chi connectivity index (χ4v) is 2.10. The minimum atomic E-state index is 0.391. The summed E-state index contributed by atoms with van der Waals surface area (Å²) in [7, 11) is 0. The first kappa shape index (κ1) is 10.4. The Balaban J connectivity index is 2.50. The van der Waals surface area contributed by atoms with Gasteiger partial charge in [-0.15, -0.1) is 11.8 Å². The van der Waals surface area contributed by atoms with Crippen LogP contribution < -0.4 is 0 Å². The second-order valence-electron chi connectivity index (χ2n) is 4.30. The Morgan fingerprint density at radius 1 is 1.46 bits per heavy atom. The van der Waals surface area contributed by atoms with Crippen molar-refractivity contribution in [3.8, 4) is 11.8 Å². The van der Waals surface area contributed by atoms with Gasteiger partial charge in [-0.2, -0.15) is 0 Å². The molecule has 0 bridgehead atoms. The van der Waals surface area contributed by atoms with Crippen LogP contribution in [-0.4, -0.2) is 0 Å². The van der Waals surface area contributed by atoms with Gasteiger partial charge in [-0.1, -0.05) is 25.5 Å². The molecule has 0 N–H and O–H groups in total. The third-order valence-corrected chi connectivity index (χ3v) is 3.29. The number of allylic oxidation sites excluding steroid dienone is 1. The van der Waals surface area contributed by atoms with E-state index in [9.17, 15) is 0 Å². The topological polar surface area (TPSA) is 0 Å². The highest BCUT2D eigenvalue weighted by atomic mass is 14.3. The Kier molecular flexibility index (Phi) is 3.60. The van der Waals surface area contributed by atoms with Gasteiger partial charge < -0.3 is 0 Å². The zero-order valence-electron chi connectivity index (χ0n) is 8.95. The maximum atomic E-state index is 4.20. The molecule has 1 atom stereocenters. The molecule has 1 rings (SSSR count). The standard InChI is InChI=1S/C13H20/c1-4-5-7-10-13(3)11-8-6-9-12(13)2/h2,6-11H2,1,3H3/t13-/m1/s1. The van der Waals surface area contributed by atoms with E-state index in [1.807, 2.05) is 6.92 Å². The lowest BCUT2D eigenvalue weighted by molar-refractivity contribution is 0.286. The van der Waals surface area contributed by atoms with Gasteiger partial charge in [0.05, 0.1) is 0 Å². The normalized spacial score (nSPS) is 28.0. The molecule has 13 heavy (non-hydrogen) atoms. The molecule has 1 aliphatic carbocycles. The molecule has 1 aliphatic rings. The molecule has 0 aliphatic heterocycles. The first-order chi connectivity index (χ1) is 6.19. The van der Waals surface area contributed by atoms with Gasteiger partial charge >= 0.3 is 0 Å². The van der Waals surface area contributed by atoms with E-state index >= 15 is 0 Å². The third-order valence-electron chi connectivity index (χ3n) is 3.29. The maximum absolute atomic E-state index is 4.20. The van der Waals surface area contributed by atoms with Crippen LogP contribution in [-0.2, 0) is 0 Å². The zero-order chi connectivity index (χ0) is 9.73. The fourth-order valence-electron chi connectivity index (χ4n) is 2.10. The second kappa shape index (κ2) is 4.51. The van der Waals surface area contributed by atoms with Gasteiger partial charge in [-0.05, 0) is 38.0 Å². The number of hydrogen-bond donors (Lipinski definition) is 0. The molecular weight excluding hydrogens is 156 g/mol. The monoisotopic (exact) mass is 176 g/mol. The van der Waals surface area contributed by atoms with E-state index in [0.717, 1.165) is 6.42 Å². The molecule has 0 aromatic carbocycles. The summed E-state index contributed by atoms with van der Waals surface area (Å²) in [4.78, 5) is 0. The van der Waals surface area contributed by atoms with Crippen LogP contribution in [0.1, 0.15) is 52.4 Å². The van der Waals surface area contributed by atoms with Gasteiger partial charge in [0.1, 0.15) is 0 Å². The molecule has 0 radical (unpaired) electrons. The van der Waals surface area contributed by atoms with Crippen molar-refractivity contribution >= 4 is 0 Å². The van der Waals surface area contributed by atoms with E-state index in [1.54, 1.807) is 0 Å². The van der Waals surface area contributed by atoms with Crippen LogP contribution in [0.2, 0.25) is 0 Å². The Morgan fingerprint density at radius 2 is 2.23 bits per heavy atom. The third kappa shape index (κ3) is 2.62. The van der Waals surface area contributed by atoms with Crippen LogP contribution in [0.15, 0.2) is 12.2 Å². The average molecular weight is 176 g/mol. The highest BCUT2D eigenvalue weighted by Gasteiger charge is 2.29. The summed E-state index contributed by atoms with van der Waals surface area (Å²) in [5.74, 6) is 6.11. The molecule has 0 unspecified atom stereocenters. The summed E-state index contributed by atoms with van der Waals surface area (Å²) < 4.78 is 0. The smallest absolute Gasteiger partial charge is 0.00968 e. The Morgan fingerprint density at radius 3 is 2.85 bits per heavy atom. The van der Waals surface area contributed by atoms with Crippen LogP contribution in [0.4, 0.5) is 0 Å². The molecule has 0 heterocycles. The molecule has 0 nitrogen and oxygen atoms in total. The highest BCUT2D eigenvalue weighted by molar-refractivity contribution is 5.12. The summed E-state index contributed by atoms with van der Waals surface area (Å²) >= 11 is 0. The van der Waals surface area contributed by atoms with Crippen molar-refractivity contribution in [2.24, 2.45) is 5.41 Å². The van der Waals surface area contributed by atoms with E-state index in [-0.39, 0.29) is 0 Å². The van der Waals surface area contributed by atoms with E-state index in [0.29, 0.717) is 5.41 Å². The van der Waals surface area contributed by atoms with E-state index < -0.39 is 0 Å². The minimum absolute atomic E-state index is 0.391. The van der Waals surface area contributed by atoms with Crippen LogP contribution in [0.5, 0.6) is 0 Å². The fraction of sp³-hybridized carbons (Fsp3) is 0.692. The lowest BCUT2D eigenvalue weighted by Crippen LogP contribution is -2.22. The largest absolute Gasteiger partial charge is 0.107 e. The molecule has 0 heteroatoms. The lowest BCUT2D eigenvalue weighted by atomic mass is 9.70. The summed E-state index contributed by atoms with van der Waals surface area (Å²) in [5, 5.41) is 0. The number of rotatable bonds is 2. The van der Waals surface area contributed by atoms with Gasteiger partial charge in [0.15, 0.2) is 0 Å². The van der Waals surface area contributed by atoms with Crippen molar-refractivity contribution in [3.63, 3.8) is 0 Å². The molecule has 0 aromatic rings. The molecule has 0 saturated heterocycles. The van der Waals surface area contributed by atoms with E-state index in [2.05, 4.69) is 25.3 Å². The van der Waals surface area contributed by atoms with Crippen LogP contribution >= 0.6 is 0 Å². The summed E-state index contributed by atoms with van der Waals surface area (Å²) in [6.07, 6.45) is 7.49.